The highest BCUT2D eigenvalue weighted by molar-refractivity contribution is 14.1. The Balaban J connectivity index is 2.97. The van der Waals surface area contributed by atoms with Crippen LogP contribution in [0.4, 0.5) is 0 Å². The number of esters is 2. The average Bonchev–Trinajstić information content (AvgIpc) is 2.45. The van der Waals surface area contributed by atoms with E-state index in [1.54, 1.807) is 24.3 Å². The first-order valence-electron chi connectivity index (χ1n) is 5.67. The summed E-state index contributed by atoms with van der Waals surface area (Å²) in [6, 6.07) is 6.90. The fourth-order valence-corrected chi connectivity index (χ4v) is 2.06. The standard InChI is InChI=1S/C13H14INO5/c1-19-11(16)7-15(8-12(17)20-2)13(18)9-5-3-4-6-10(9)14/h3-6H,7-8H2,1-2H3. The van der Waals surface area contributed by atoms with Gasteiger partial charge in [-0.2, -0.15) is 0 Å². The lowest BCUT2D eigenvalue weighted by Gasteiger charge is -2.20. The summed E-state index contributed by atoms with van der Waals surface area (Å²) in [4.78, 5) is 36.2. The molecule has 0 spiro atoms. The Morgan fingerprint density at radius 2 is 1.55 bits per heavy atom. The maximum Gasteiger partial charge on any atom is 0.325 e. The third-order valence-electron chi connectivity index (χ3n) is 2.49. The van der Waals surface area contributed by atoms with Crippen molar-refractivity contribution < 1.29 is 23.9 Å². The highest BCUT2D eigenvalue weighted by atomic mass is 127. The summed E-state index contributed by atoms with van der Waals surface area (Å²) in [6.07, 6.45) is 0. The Kier molecular flexibility index (Phi) is 6.43. The third-order valence-corrected chi connectivity index (χ3v) is 3.43. The summed E-state index contributed by atoms with van der Waals surface area (Å²) < 4.78 is 9.78. The van der Waals surface area contributed by atoms with Crippen molar-refractivity contribution in [2.75, 3.05) is 27.3 Å². The topological polar surface area (TPSA) is 72.9 Å². The summed E-state index contributed by atoms with van der Waals surface area (Å²) in [5, 5.41) is 0. The molecular formula is C13H14INO5. The number of amides is 1. The van der Waals surface area contributed by atoms with Crippen LogP contribution < -0.4 is 0 Å². The Labute approximate surface area is 130 Å². The Morgan fingerprint density at radius 1 is 1.05 bits per heavy atom. The number of hydrogen-bond acceptors (Lipinski definition) is 5. The van der Waals surface area contributed by atoms with Crippen LogP contribution in [0, 0.1) is 3.57 Å². The first kappa shape index (κ1) is 16.4. The van der Waals surface area contributed by atoms with Crippen molar-refractivity contribution in [3.05, 3.63) is 33.4 Å². The van der Waals surface area contributed by atoms with Crippen LogP contribution in [0.1, 0.15) is 10.4 Å². The second-order valence-electron chi connectivity index (χ2n) is 3.79. The number of nitrogens with zero attached hydrogens (tertiary/aromatic N) is 1. The number of carbonyl (C=O) groups excluding carboxylic acids is 3. The van der Waals surface area contributed by atoms with Gasteiger partial charge in [-0.25, -0.2) is 0 Å². The van der Waals surface area contributed by atoms with Crippen molar-refractivity contribution in [1.82, 2.24) is 4.90 Å². The Morgan fingerprint density at radius 3 is 2.00 bits per heavy atom. The molecule has 0 aliphatic rings. The zero-order valence-corrected chi connectivity index (χ0v) is 13.2. The second kappa shape index (κ2) is 7.83. The predicted molar refractivity (Wildman–Crippen MR) is 79.1 cm³/mol. The van der Waals surface area contributed by atoms with Gasteiger partial charge >= 0.3 is 11.9 Å². The molecule has 0 radical (unpaired) electrons. The lowest BCUT2D eigenvalue weighted by atomic mass is 10.2. The molecule has 1 aromatic rings. The molecule has 0 aromatic heterocycles. The molecule has 1 amide bonds. The largest absolute Gasteiger partial charge is 0.468 e. The maximum atomic E-state index is 12.4. The van der Waals surface area contributed by atoms with Crippen LogP contribution in [0.25, 0.3) is 0 Å². The van der Waals surface area contributed by atoms with E-state index in [2.05, 4.69) is 9.47 Å². The molecule has 0 saturated heterocycles. The van der Waals surface area contributed by atoms with Crippen LogP contribution in [0.2, 0.25) is 0 Å². The second-order valence-corrected chi connectivity index (χ2v) is 4.96. The molecule has 1 rings (SSSR count). The highest BCUT2D eigenvalue weighted by Gasteiger charge is 2.23. The van der Waals surface area contributed by atoms with Crippen molar-refractivity contribution >= 4 is 40.4 Å². The summed E-state index contributed by atoms with van der Waals surface area (Å²) in [5.41, 5.74) is 0.418. The molecule has 0 bridgehead atoms. The normalized spacial score (nSPS) is 9.75. The summed E-state index contributed by atoms with van der Waals surface area (Å²) >= 11 is 2.02. The van der Waals surface area contributed by atoms with Gasteiger partial charge in [-0.15, -0.1) is 0 Å². The van der Waals surface area contributed by atoms with E-state index < -0.39 is 17.8 Å². The number of benzene rings is 1. The van der Waals surface area contributed by atoms with Crippen LogP contribution in [0.3, 0.4) is 0 Å². The summed E-state index contributed by atoms with van der Waals surface area (Å²) in [7, 11) is 2.44. The first-order chi connectivity index (χ1) is 9.49. The molecule has 6 nitrogen and oxygen atoms in total. The van der Waals surface area contributed by atoms with Gasteiger partial charge in [0, 0.05) is 3.57 Å². The monoisotopic (exact) mass is 391 g/mol. The highest BCUT2D eigenvalue weighted by Crippen LogP contribution is 2.14. The van der Waals surface area contributed by atoms with Gasteiger partial charge in [-0.05, 0) is 34.7 Å². The maximum absolute atomic E-state index is 12.4. The molecule has 108 valence electrons. The molecule has 1 aromatic carbocycles. The number of halogens is 1. The summed E-state index contributed by atoms with van der Waals surface area (Å²) in [6.45, 7) is -0.620. The SMILES string of the molecule is COC(=O)CN(CC(=O)OC)C(=O)c1ccccc1I. The number of hydrogen-bond donors (Lipinski definition) is 0. The number of methoxy groups -OCH3 is 2. The van der Waals surface area contributed by atoms with Crippen LogP contribution >= 0.6 is 22.6 Å². The van der Waals surface area contributed by atoms with E-state index in [-0.39, 0.29) is 13.1 Å². The number of carbonyl (C=O) groups is 3. The lowest BCUT2D eigenvalue weighted by Crippen LogP contribution is -2.40. The van der Waals surface area contributed by atoms with E-state index >= 15 is 0 Å². The third kappa shape index (κ3) is 4.48. The van der Waals surface area contributed by atoms with Crippen molar-refractivity contribution in [2.45, 2.75) is 0 Å². The van der Waals surface area contributed by atoms with Gasteiger partial charge < -0.3 is 14.4 Å². The Hall–Kier alpha value is -1.64. The summed E-state index contributed by atoms with van der Waals surface area (Å²) in [5.74, 6) is -1.63. The van der Waals surface area contributed by atoms with Gasteiger partial charge in [-0.1, -0.05) is 12.1 Å². The van der Waals surface area contributed by atoms with Crippen LogP contribution in [0.5, 0.6) is 0 Å². The fourth-order valence-electron chi connectivity index (χ4n) is 1.45. The molecule has 0 N–H and O–H groups in total. The molecule has 0 aliphatic heterocycles. The minimum Gasteiger partial charge on any atom is -0.468 e. The minimum absolute atomic E-state index is 0.310. The average molecular weight is 391 g/mol. The van der Waals surface area contributed by atoms with E-state index in [9.17, 15) is 14.4 Å². The van der Waals surface area contributed by atoms with E-state index in [1.807, 2.05) is 22.6 Å². The van der Waals surface area contributed by atoms with Gasteiger partial charge in [0.25, 0.3) is 5.91 Å². The molecule has 20 heavy (non-hydrogen) atoms. The molecule has 0 unspecified atom stereocenters. The van der Waals surface area contributed by atoms with Gasteiger partial charge in [0.05, 0.1) is 19.8 Å². The van der Waals surface area contributed by atoms with E-state index in [0.717, 1.165) is 8.47 Å². The van der Waals surface area contributed by atoms with Gasteiger partial charge in [0.2, 0.25) is 0 Å². The molecule has 0 atom stereocenters. The molecule has 0 saturated carbocycles. The first-order valence-corrected chi connectivity index (χ1v) is 6.75. The van der Waals surface area contributed by atoms with Crippen LogP contribution in [-0.2, 0) is 19.1 Å². The predicted octanol–water partition coefficient (Wildman–Crippen LogP) is 1.08. The van der Waals surface area contributed by atoms with Crippen molar-refractivity contribution in [3.63, 3.8) is 0 Å². The fraction of sp³-hybridized carbons (Fsp3) is 0.308. The lowest BCUT2D eigenvalue weighted by molar-refractivity contribution is -0.144. The molecule has 0 fully saturated rings. The van der Waals surface area contributed by atoms with Crippen molar-refractivity contribution in [1.29, 1.82) is 0 Å². The van der Waals surface area contributed by atoms with E-state index in [1.165, 1.54) is 14.2 Å². The molecular weight excluding hydrogens is 377 g/mol. The molecule has 0 heterocycles. The van der Waals surface area contributed by atoms with E-state index in [0.29, 0.717) is 5.56 Å². The quantitative estimate of drug-likeness (QED) is 0.555. The molecule has 0 aliphatic carbocycles. The van der Waals surface area contributed by atoms with Gasteiger partial charge in [0.1, 0.15) is 13.1 Å². The number of ether oxygens (including phenoxy) is 2. The van der Waals surface area contributed by atoms with Crippen LogP contribution in [-0.4, -0.2) is 50.1 Å². The van der Waals surface area contributed by atoms with Crippen LogP contribution in [0.15, 0.2) is 24.3 Å². The van der Waals surface area contributed by atoms with Gasteiger partial charge in [0.15, 0.2) is 0 Å². The van der Waals surface area contributed by atoms with Crippen molar-refractivity contribution in [2.24, 2.45) is 0 Å². The number of rotatable bonds is 5. The Bertz CT molecular complexity index is 499. The molecule has 7 heteroatoms. The van der Waals surface area contributed by atoms with Crippen molar-refractivity contribution in [3.8, 4) is 0 Å². The zero-order valence-electron chi connectivity index (χ0n) is 11.1. The smallest absolute Gasteiger partial charge is 0.325 e. The van der Waals surface area contributed by atoms with Gasteiger partial charge in [-0.3, -0.25) is 14.4 Å². The van der Waals surface area contributed by atoms with E-state index in [4.69, 9.17) is 0 Å². The minimum atomic E-state index is -0.604. The zero-order chi connectivity index (χ0) is 15.1.